The average molecular weight is 675 g/mol. The van der Waals surface area contributed by atoms with Gasteiger partial charge in [0.15, 0.2) is 16.3 Å². The van der Waals surface area contributed by atoms with E-state index in [4.69, 9.17) is 18.9 Å². The van der Waals surface area contributed by atoms with Crippen LogP contribution in [0.3, 0.4) is 0 Å². The van der Waals surface area contributed by atoms with Gasteiger partial charge in [0.1, 0.15) is 5.75 Å². The number of hydrogen-bond donors (Lipinski definition) is 0. The second-order valence-electron chi connectivity index (χ2n) is 10.2. The SMILES string of the molecule is CCOC(=O)C1=C(C)N=c2s/c(=C\c3cccc(Oc4ccc([N+](=O)[O-])cc4[N+](=O)[O-])c3)c(=O)n2[C@@H]1c1ccc(OCC)c(OCC)c1. The van der Waals surface area contributed by atoms with Crippen LogP contribution < -0.4 is 29.1 Å². The van der Waals surface area contributed by atoms with Crippen molar-refractivity contribution in [2.24, 2.45) is 4.99 Å². The molecule has 0 aliphatic carbocycles. The number of thiazole rings is 1. The summed E-state index contributed by atoms with van der Waals surface area (Å²) in [5.41, 5.74) is 0.296. The average Bonchev–Trinajstić information content (AvgIpc) is 3.35. The summed E-state index contributed by atoms with van der Waals surface area (Å²) in [6.07, 6.45) is 1.62. The summed E-state index contributed by atoms with van der Waals surface area (Å²) in [6, 6.07) is 13.9. The van der Waals surface area contributed by atoms with E-state index < -0.39 is 38.8 Å². The van der Waals surface area contributed by atoms with Gasteiger partial charge in [0.25, 0.3) is 11.2 Å². The number of nitrogens with zero attached hydrogens (tertiary/aromatic N) is 4. The number of allylic oxidation sites excluding steroid dienone is 1. The summed E-state index contributed by atoms with van der Waals surface area (Å²) in [4.78, 5) is 53.5. The Balaban J connectivity index is 1.60. The second-order valence-corrected chi connectivity index (χ2v) is 11.2. The van der Waals surface area contributed by atoms with Gasteiger partial charge in [-0.1, -0.05) is 29.5 Å². The molecule has 15 heteroatoms. The maximum absolute atomic E-state index is 14.1. The summed E-state index contributed by atoms with van der Waals surface area (Å²) in [5, 5.41) is 22.7. The Morgan fingerprint density at radius 1 is 0.938 bits per heavy atom. The first-order valence-corrected chi connectivity index (χ1v) is 15.7. The predicted molar refractivity (Wildman–Crippen MR) is 175 cm³/mol. The first-order valence-electron chi connectivity index (χ1n) is 14.9. The van der Waals surface area contributed by atoms with Crippen LogP contribution in [-0.4, -0.2) is 40.2 Å². The number of carbonyl (C=O) groups excluding carboxylic acids is 1. The number of hydrogen-bond acceptors (Lipinski definition) is 12. The zero-order valence-electron chi connectivity index (χ0n) is 26.3. The second kappa shape index (κ2) is 14.3. The highest BCUT2D eigenvalue weighted by atomic mass is 32.1. The number of carbonyl (C=O) groups is 1. The molecule has 4 aromatic rings. The van der Waals surface area contributed by atoms with E-state index in [2.05, 4.69) is 4.99 Å². The Morgan fingerprint density at radius 3 is 2.35 bits per heavy atom. The lowest BCUT2D eigenvalue weighted by Crippen LogP contribution is -2.40. The quantitative estimate of drug-likeness (QED) is 0.110. The maximum atomic E-state index is 14.1. The lowest BCUT2D eigenvalue weighted by Gasteiger charge is -2.25. The van der Waals surface area contributed by atoms with Crippen molar-refractivity contribution in [3.8, 4) is 23.0 Å². The van der Waals surface area contributed by atoms with E-state index in [1.54, 1.807) is 62.4 Å². The molecule has 0 radical (unpaired) electrons. The van der Waals surface area contributed by atoms with Gasteiger partial charge in [-0.3, -0.25) is 29.6 Å². The van der Waals surface area contributed by atoms with Crippen molar-refractivity contribution in [2.75, 3.05) is 19.8 Å². The van der Waals surface area contributed by atoms with E-state index in [-0.39, 0.29) is 23.7 Å². The molecule has 0 saturated heterocycles. The molecule has 1 atom stereocenters. The van der Waals surface area contributed by atoms with Crippen molar-refractivity contribution in [1.29, 1.82) is 0 Å². The molecule has 0 saturated carbocycles. The number of benzene rings is 3. The van der Waals surface area contributed by atoms with E-state index in [0.717, 1.165) is 29.5 Å². The van der Waals surface area contributed by atoms with E-state index in [0.29, 0.717) is 50.9 Å². The van der Waals surface area contributed by atoms with Crippen molar-refractivity contribution in [1.82, 2.24) is 4.57 Å². The molecule has 14 nitrogen and oxygen atoms in total. The van der Waals surface area contributed by atoms with Gasteiger partial charge in [0.05, 0.1) is 57.6 Å². The molecular weight excluding hydrogens is 644 g/mol. The summed E-state index contributed by atoms with van der Waals surface area (Å²) in [7, 11) is 0. The number of fused-ring (bicyclic) bond motifs is 1. The fourth-order valence-electron chi connectivity index (χ4n) is 5.14. The Bertz CT molecular complexity index is 2140. The molecule has 0 bridgehead atoms. The van der Waals surface area contributed by atoms with Crippen LogP contribution in [-0.2, 0) is 9.53 Å². The molecule has 0 fully saturated rings. The molecule has 248 valence electrons. The molecule has 1 aromatic heterocycles. The van der Waals surface area contributed by atoms with Gasteiger partial charge in [0, 0.05) is 6.07 Å². The molecule has 1 aliphatic heterocycles. The van der Waals surface area contributed by atoms with E-state index in [1.165, 1.54) is 4.57 Å². The molecule has 2 heterocycles. The smallest absolute Gasteiger partial charge is 0.338 e. The van der Waals surface area contributed by atoms with E-state index in [9.17, 15) is 29.8 Å². The molecule has 0 unspecified atom stereocenters. The minimum atomic E-state index is -0.880. The number of esters is 1. The van der Waals surface area contributed by atoms with E-state index in [1.807, 2.05) is 13.8 Å². The molecule has 3 aromatic carbocycles. The fraction of sp³-hybridized carbons (Fsp3) is 0.242. The Labute approximate surface area is 277 Å². The van der Waals surface area contributed by atoms with Crippen LogP contribution in [0.2, 0.25) is 0 Å². The van der Waals surface area contributed by atoms with Crippen molar-refractivity contribution in [3.63, 3.8) is 0 Å². The van der Waals surface area contributed by atoms with Gasteiger partial charge in [0.2, 0.25) is 5.75 Å². The van der Waals surface area contributed by atoms with Crippen molar-refractivity contribution < 1.29 is 33.6 Å². The Hall–Kier alpha value is -5.83. The standard InChI is InChI=1S/C33H30N4O10S/c1-5-44-26-13-11-21(17-27(26)45-6-2)30-29(32(39)46-7-3)19(4)34-33-35(30)31(38)28(48-33)16-20-9-8-10-23(15-20)47-25-14-12-22(36(40)41)18-24(25)37(42)43/h8-18,30H,5-7H2,1-4H3/b28-16-/t30-/m1/s1. The monoisotopic (exact) mass is 674 g/mol. The molecule has 0 amide bonds. The third kappa shape index (κ3) is 6.80. The highest BCUT2D eigenvalue weighted by molar-refractivity contribution is 7.07. The van der Waals surface area contributed by atoms with Gasteiger partial charge >= 0.3 is 11.7 Å². The topological polar surface area (TPSA) is 175 Å². The zero-order valence-corrected chi connectivity index (χ0v) is 27.1. The number of aromatic nitrogens is 1. The van der Waals surface area contributed by atoms with Crippen LogP contribution in [0.5, 0.6) is 23.0 Å². The number of non-ortho nitro benzene ring substituents is 1. The zero-order chi connectivity index (χ0) is 34.5. The van der Waals surface area contributed by atoms with Gasteiger partial charge in [-0.25, -0.2) is 9.79 Å². The van der Waals surface area contributed by atoms with Gasteiger partial charge in [-0.15, -0.1) is 0 Å². The molecule has 0 spiro atoms. The third-order valence-electron chi connectivity index (χ3n) is 7.13. The first kappa shape index (κ1) is 33.5. The lowest BCUT2D eigenvalue weighted by molar-refractivity contribution is -0.394. The molecular formula is C33H30N4O10S. The molecule has 5 rings (SSSR count). The van der Waals surface area contributed by atoms with Crippen LogP contribution >= 0.6 is 11.3 Å². The number of nitro benzene ring substituents is 2. The summed E-state index contributed by atoms with van der Waals surface area (Å²) in [5.74, 6) is 0.391. The van der Waals surface area contributed by atoms with Gasteiger partial charge in [-0.05, 0) is 75.2 Å². The number of ether oxygens (including phenoxy) is 4. The predicted octanol–water partition coefficient (Wildman–Crippen LogP) is 5.20. The van der Waals surface area contributed by atoms with Crippen molar-refractivity contribution in [3.05, 3.63) is 123 Å². The van der Waals surface area contributed by atoms with Crippen LogP contribution in [0, 0.1) is 20.2 Å². The third-order valence-corrected chi connectivity index (χ3v) is 8.12. The maximum Gasteiger partial charge on any atom is 0.338 e. The van der Waals surface area contributed by atoms with Crippen molar-refractivity contribution in [2.45, 2.75) is 33.7 Å². The molecule has 48 heavy (non-hydrogen) atoms. The highest BCUT2D eigenvalue weighted by Crippen LogP contribution is 2.37. The highest BCUT2D eigenvalue weighted by Gasteiger charge is 2.34. The minimum absolute atomic E-state index is 0.127. The molecule has 0 N–H and O–H groups in total. The van der Waals surface area contributed by atoms with Crippen LogP contribution in [0.1, 0.15) is 44.9 Å². The molecule has 1 aliphatic rings. The van der Waals surface area contributed by atoms with E-state index >= 15 is 0 Å². The Morgan fingerprint density at radius 2 is 1.67 bits per heavy atom. The first-order chi connectivity index (χ1) is 23.1. The summed E-state index contributed by atoms with van der Waals surface area (Å²) < 4.78 is 24.4. The Kier molecular flexibility index (Phi) is 9.99. The van der Waals surface area contributed by atoms with Crippen LogP contribution in [0.4, 0.5) is 11.4 Å². The summed E-state index contributed by atoms with van der Waals surface area (Å²) in [6.45, 7) is 7.99. The van der Waals surface area contributed by atoms with Crippen LogP contribution in [0.25, 0.3) is 6.08 Å². The lowest BCUT2D eigenvalue weighted by atomic mass is 9.95. The normalized spacial score (nSPS) is 14.2. The summed E-state index contributed by atoms with van der Waals surface area (Å²) >= 11 is 1.12. The fourth-order valence-corrected chi connectivity index (χ4v) is 6.19. The largest absolute Gasteiger partial charge is 0.490 e. The van der Waals surface area contributed by atoms with Crippen molar-refractivity contribution >= 4 is 34.8 Å². The van der Waals surface area contributed by atoms with Gasteiger partial charge in [-0.2, -0.15) is 0 Å². The van der Waals surface area contributed by atoms with Crippen LogP contribution in [0.15, 0.2) is 81.7 Å². The number of nitro groups is 2. The minimum Gasteiger partial charge on any atom is -0.490 e. The van der Waals surface area contributed by atoms with Gasteiger partial charge < -0.3 is 18.9 Å². The number of rotatable bonds is 12.